The first-order valence-electron chi connectivity index (χ1n) is 11.5. The van der Waals surface area contributed by atoms with Crippen molar-refractivity contribution in [2.24, 2.45) is 5.92 Å². The van der Waals surface area contributed by atoms with Crippen LogP contribution in [0.2, 0.25) is 0 Å². The van der Waals surface area contributed by atoms with Crippen LogP contribution in [0.3, 0.4) is 0 Å². The number of benzene rings is 1. The number of piperidine rings is 1. The van der Waals surface area contributed by atoms with E-state index in [1.807, 2.05) is 12.3 Å². The third-order valence-electron chi connectivity index (χ3n) is 6.17. The van der Waals surface area contributed by atoms with E-state index in [9.17, 15) is 14.0 Å². The van der Waals surface area contributed by atoms with Crippen LogP contribution in [0.4, 0.5) is 4.39 Å². The molecule has 2 atom stereocenters. The molecule has 1 aliphatic carbocycles. The van der Waals surface area contributed by atoms with Gasteiger partial charge < -0.3 is 4.74 Å². The molecule has 1 aromatic carbocycles. The highest BCUT2D eigenvalue weighted by Crippen LogP contribution is 2.39. The molecule has 0 bridgehead atoms. The number of rotatable bonds is 9. The predicted octanol–water partition coefficient (Wildman–Crippen LogP) is 4.08. The molecule has 0 amide bonds. The Hall–Kier alpha value is -2.45. The Balaban J connectivity index is 1.51. The molecule has 0 spiro atoms. The molecule has 1 aromatic heterocycles. The van der Waals surface area contributed by atoms with Gasteiger partial charge in [0.05, 0.1) is 31.8 Å². The van der Waals surface area contributed by atoms with Crippen LogP contribution in [0.5, 0.6) is 0 Å². The van der Waals surface area contributed by atoms with E-state index < -0.39 is 6.04 Å². The lowest BCUT2D eigenvalue weighted by molar-refractivity contribution is -0.143. The summed E-state index contributed by atoms with van der Waals surface area (Å²) in [5.74, 6) is -0.430. The third kappa shape index (κ3) is 5.92. The highest BCUT2D eigenvalue weighted by atomic mass is 32.1. The van der Waals surface area contributed by atoms with Gasteiger partial charge >= 0.3 is 5.97 Å². The number of likely N-dealkylation sites (tertiary alicyclic amines) is 1. The number of Topliss-reactive ketones (excluding diaryl/α,β-unsaturated/α-hetero) is 1. The maximum absolute atomic E-state index is 14.7. The average Bonchev–Trinajstić information content (AvgIpc) is 3.56. The van der Waals surface area contributed by atoms with Crippen LogP contribution in [0.1, 0.15) is 49.8 Å². The van der Waals surface area contributed by atoms with Gasteiger partial charge in [0.25, 0.3) is 0 Å². The van der Waals surface area contributed by atoms with Gasteiger partial charge in [-0.25, -0.2) is 4.39 Å². The fourth-order valence-electron chi connectivity index (χ4n) is 4.30. The summed E-state index contributed by atoms with van der Waals surface area (Å²) in [5, 5.41) is 4.39. The Morgan fingerprint density at radius 2 is 2.09 bits per heavy atom. The first-order chi connectivity index (χ1) is 16.0. The Kier molecular flexibility index (Phi) is 7.65. The zero-order valence-electron chi connectivity index (χ0n) is 18.8. The monoisotopic (exact) mass is 471 g/mol. The summed E-state index contributed by atoms with van der Waals surface area (Å²) < 4.78 is 21.4. The van der Waals surface area contributed by atoms with E-state index in [4.69, 9.17) is 17.4 Å². The second-order valence-electron chi connectivity index (χ2n) is 8.69. The molecule has 2 unspecified atom stereocenters. The minimum Gasteiger partial charge on any atom is -0.466 e. The molecule has 4 rings (SSSR count). The number of aromatic nitrogens is 2. The Labute approximate surface area is 199 Å². The minimum absolute atomic E-state index is 0.0355. The number of nitrogens with zero attached hydrogens (tertiary/aromatic N) is 3. The third-order valence-corrected chi connectivity index (χ3v) is 6.76. The summed E-state index contributed by atoms with van der Waals surface area (Å²) in [5.41, 5.74) is 2.43. The molecule has 2 fully saturated rings. The van der Waals surface area contributed by atoms with Crippen molar-refractivity contribution in [1.82, 2.24) is 14.7 Å². The number of hydrogen-bond donors (Lipinski definition) is 1. The van der Waals surface area contributed by atoms with E-state index in [1.165, 1.54) is 6.07 Å². The Bertz CT molecular complexity index is 1030. The van der Waals surface area contributed by atoms with Gasteiger partial charge in [-0.15, -0.1) is 0 Å². The largest absolute Gasteiger partial charge is 0.466 e. The topological polar surface area (TPSA) is 64.4 Å². The van der Waals surface area contributed by atoms with Crippen LogP contribution in [0, 0.1) is 11.7 Å². The maximum atomic E-state index is 14.7. The van der Waals surface area contributed by atoms with Crippen LogP contribution in [-0.4, -0.2) is 51.4 Å². The molecular weight excluding hydrogens is 441 g/mol. The molecular formula is C25H30FN3O3S. The lowest BCUT2D eigenvalue weighted by Crippen LogP contribution is -2.42. The number of carbonyl (C=O) groups excluding carboxylic acids is 2. The van der Waals surface area contributed by atoms with Gasteiger partial charge in [-0.1, -0.05) is 24.3 Å². The van der Waals surface area contributed by atoms with Gasteiger partial charge in [-0.2, -0.15) is 17.7 Å². The molecule has 0 radical (unpaired) electrons. The van der Waals surface area contributed by atoms with Crippen LogP contribution >= 0.6 is 12.6 Å². The van der Waals surface area contributed by atoms with E-state index in [-0.39, 0.29) is 35.2 Å². The van der Waals surface area contributed by atoms with E-state index in [0.29, 0.717) is 31.8 Å². The van der Waals surface area contributed by atoms with E-state index in [0.717, 1.165) is 30.4 Å². The van der Waals surface area contributed by atoms with Crippen molar-refractivity contribution < 1.29 is 18.7 Å². The predicted molar refractivity (Wildman–Crippen MR) is 127 cm³/mol. The molecule has 6 nitrogen and oxygen atoms in total. The quantitative estimate of drug-likeness (QED) is 0.441. The van der Waals surface area contributed by atoms with Crippen molar-refractivity contribution >= 4 is 30.5 Å². The summed E-state index contributed by atoms with van der Waals surface area (Å²) in [7, 11) is 0. The molecule has 2 aromatic rings. The number of thiol groups is 1. The number of carbonyl (C=O) groups is 2. The van der Waals surface area contributed by atoms with Crippen molar-refractivity contribution in [3.05, 3.63) is 59.2 Å². The van der Waals surface area contributed by atoms with Crippen LogP contribution in [-0.2, 0) is 20.9 Å². The molecule has 1 saturated heterocycles. The van der Waals surface area contributed by atoms with Gasteiger partial charge in [0, 0.05) is 41.6 Å². The van der Waals surface area contributed by atoms with Crippen molar-refractivity contribution in [2.45, 2.75) is 50.4 Å². The number of ketones is 1. The van der Waals surface area contributed by atoms with E-state index in [2.05, 4.69) is 10.00 Å². The molecule has 176 valence electrons. The Morgan fingerprint density at radius 3 is 2.82 bits per heavy atom. The highest BCUT2D eigenvalue weighted by molar-refractivity contribution is 7.81. The van der Waals surface area contributed by atoms with Crippen LogP contribution in [0.15, 0.2) is 42.2 Å². The van der Waals surface area contributed by atoms with Gasteiger partial charge in [-0.3, -0.25) is 19.2 Å². The van der Waals surface area contributed by atoms with Crippen molar-refractivity contribution in [3.8, 4) is 0 Å². The van der Waals surface area contributed by atoms with Gasteiger partial charge in [-0.05, 0) is 37.8 Å². The standard InChI is InChI=1S/C25H30FN3O3S/c1-2-32-23(30)10-12-29-15-17(14-27-29)13-19-16-28(11-9-22(19)33)24(25(31)18-7-8-18)20-5-3-4-6-21(20)26/h3-6,13-15,18,22,24,33H,2,7-12,16H2,1H3. The molecule has 2 heterocycles. The first kappa shape index (κ1) is 23.7. The van der Waals surface area contributed by atoms with Crippen molar-refractivity contribution in [2.75, 3.05) is 19.7 Å². The van der Waals surface area contributed by atoms with Crippen molar-refractivity contribution in [3.63, 3.8) is 0 Å². The van der Waals surface area contributed by atoms with Crippen LogP contribution < -0.4 is 0 Å². The summed E-state index contributed by atoms with van der Waals surface area (Å²) in [6, 6.07) is 6.02. The molecule has 0 N–H and O–H groups in total. The number of halogens is 1. The summed E-state index contributed by atoms with van der Waals surface area (Å²) in [6.07, 6.45) is 8.49. The fraction of sp³-hybridized carbons (Fsp3) is 0.480. The molecule has 33 heavy (non-hydrogen) atoms. The second-order valence-corrected chi connectivity index (χ2v) is 9.31. The van der Waals surface area contributed by atoms with Gasteiger partial charge in [0.15, 0.2) is 5.78 Å². The van der Waals surface area contributed by atoms with Crippen LogP contribution in [0.25, 0.3) is 6.08 Å². The summed E-state index contributed by atoms with van der Waals surface area (Å²) in [6.45, 7) is 3.82. The number of ether oxygens (including phenoxy) is 1. The highest BCUT2D eigenvalue weighted by Gasteiger charge is 2.40. The molecule has 1 saturated carbocycles. The first-order valence-corrected chi connectivity index (χ1v) is 12.1. The summed E-state index contributed by atoms with van der Waals surface area (Å²) >= 11 is 4.76. The van der Waals surface area contributed by atoms with E-state index >= 15 is 0 Å². The summed E-state index contributed by atoms with van der Waals surface area (Å²) in [4.78, 5) is 26.9. The Morgan fingerprint density at radius 1 is 1.30 bits per heavy atom. The van der Waals surface area contributed by atoms with Crippen molar-refractivity contribution in [1.29, 1.82) is 0 Å². The lowest BCUT2D eigenvalue weighted by Gasteiger charge is -2.37. The zero-order chi connectivity index (χ0) is 23.4. The number of aryl methyl sites for hydroxylation is 1. The normalized spacial score (nSPS) is 21.2. The number of esters is 1. The lowest BCUT2D eigenvalue weighted by atomic mass is 9.93. The van der Waals surface area contributed by atoms with Gasteiger partial charge in [0.1, 0.15) is 5.82 Å². The minimum atomic E-state index is -0.574. The second kappa shape index (κ2) is 10.7. The number of hydrogen-bond acceptors (Lipinski definition) is 6. The zero-order valence-corrected chi connectivity index (χ0v) is 19.7. The van der Waals surface area contributed by atoms with E-state index in [1.54, 1.807) is 36.0 Å². The SMILES string of the molecule is CCOC(=O)CCn1cc(C=C2CN(C(C(=O)C3CC3)c3ccccc3F)CCC2S)cn1. The molecule has 8 heteroatoms. The maximum Gasteiger partial charge on any atom is 0.307 e. The van der Waals surface area contributed by atoms with Gasteiger partial charge in [0.2, 0.25) is 0 Å². The smallest absolute Gasteiger partial charge is 0.307 e. The fourth-order valence-corrected chi connectivity index (χ4v) is 4.57. The molecule has 2 aliphatic rings. The average molecular weight is 472 g/mol. The molecule has 1 aliphatic heterocycles.